The van der Waals surface area contributed by atoms with E-state index in [2.05, 4.69) is 20.4 Å². The minimum atomic E-state index is 0.349. The monoisotopic (exact) mass is 155 g/mol. The number of unbranched alkanes of at least 4 members (excludes halogenated alkanes) is 1. The van der Waals surface area contributed by atoms with Crippen LogP contribution < -0.4 is 5.73 Å². The van der Waals surface area contributed by atoms with Gasteiger partial charge in [0, 0.05) is 6.04 Å². The molecule has 0 heterocycles. The Labute approximate surface area is 70.7 Å². The average Bonchev–Trinajstić information content (AvgIpc) is 2.00. The molecular formula is C10H21N. The van der Waals surface area contributed by atoms with Gasteiger partial charge in [-0.2, -0.15) is 0 Å². The summed E-state index contributed by atoms with van der Waals surface area (Å²) in [7, 11) is 0. The van der Waals surface area contributed by atoms with Crippen molar-refractivity contribution in [3.8, 4) is 0 Å². The Bertz CT molecular complexity index is 107. The summed E-state index contributed by atoms with van der Waals surface area (Å²) >= 11 is 0. The highest BCUT2D eigenvalue weighted by Gasteiger charge is 2.02. The Morgan fingerprint density at radius 3 is 2.55 bits per heavy atom. The quantitative estimate of drug-likeness (QED) is 0.586. The van der Waals surface area contributed by atoms with Gasteiger partial charge in [-0.3, -0.25) is 0 Å². The standard InChI is InChI=1S/C10H21N/c1-4-6-7-10(11)8-9(3)5-2/h10H,3-8,11H2,1-2H3. The van der Waals surface area contributed by atoms with E-state index in [0.29, 0.717) is 6.04 Å². The van der Waals surface area contributed by atoms with Crippen LogP contribution in [0.4, 0.5) is 0 Å². The molecule has 0 aliphatic carbocycles. The predicted molar refractivity (Wildman–Crippen MR) is 51.5 cm³/mol. The smallest absolute Gasteiger partial charge is 0.00759 e. The Hall–Kier alpha value is -0.300. The molecule has 0 rings (SSSR count). The van der Waals surface area contributed by atoms with Crippen LogP contribution in [0.2, 0.25) is 0 Å². The largest absolute Gasteiger partial charge is 0.327 e. The minimum Gasteiger partial charge on any atom is -0.327 e. The van der Waals surface area contributed by atoms with Crippen molar-refractivity contribution in [1.82, 2.24) is 0 Å². The Morgan fingerprint density at radius 2 is 2.09 bits per heavy atom. The van der Waals surface area contributed by atoms with Crippen LogP contribution in [0.1, 0.15) is 46.0 Å². The van der Waals surface area contributed by atoms with Crippen molar-refractivity contribution in [2.45, 2.75) is 52.0 Å². The molecule has 0 aliphatic rings. The van der Waals surface area contributed by atoms with Gasteiger partial charge in [0.15, 0.2) is 0 Å². The van der Waals surface area contributed by atoms with Gasteiger partial charge in [0.05, 0.1) is 0 Å². The van der Waals surface area contributed by atoms with Crippen molar-refractivity contribution in [3.63, 3.8) is 0 Å². The third-order valence-corrected chi connectivity index (χ3v) is 1.98. The second-order valence-corrected chi connectivity index (χ2v) is 3.21. The van der Waals surface area contributed by atoms with Crippen molar-refractivity contribution in [1.29, 1.82) is 0 Å². The van der Waals surface area contributed by atoms with Crippen LogP contribution in [0, 0.1) is 0 Å². The third kappa shape index (κ3) is 6.11. The maximum atomic E-state index is 5.88. The summed E-state index contributed by atoms with van der Waals surface area (Å²) in [5.74, 6) is 0. The lowest BCUT2D eigenvalue weighted by atomic mass is 10.0. The van der Waals surface area contributed by atoms with Crippen LogP contribution in [0.5, 0.6) is 0 Å². The van der Waals surface area contributed by atoms with Crippen LogP contribution in [-0.2, 0) is 0 Å². The molecule has 0 saturated heterocycles. The zero-order chi connectivity index (χ0) is 8.69. The Balaban J connectivity index is 3.35. The van der Waals surface area contributed by atoms with E-state index >= 15 is 0 Å². The molecule has 1 heteroatoms. The fraction of sp³-hybridized carbons (Fsp3) is 0.800. The van der Waals surface area contributed by atoms with Crippen LogP contribution in [0.15, 0.2) is 12.2 Å². The summed E-state index contributed by atoms with van der Waals surface area (Å²) < 4.78 is 0. The second kappa shape index (κ2) is 6.41. The second-order valence-electron chi connectivity index (χ2n) is 3.21. The van der Waals surface area contributed by atoms with Gasteiger partial charge in [0.1, 0.15) is 0 Å². The van der Waals surface area contributed by atoms with Crippen LogP contribution in [0.25, 0.3) is 0 Å². The number of rotatable bonds is 6. The normalized spacial score (nSPS) is 13.0. The highest BCUT2D eigenvalue weighted by atomic mass is 14.6. The molecule has 2 N–H and O–H groups in total. The maximum absolute atomic E-state index is 5.88. The zero-order valence-electron chi connectivity index (χ0n) is 7.90. The molecule has 0 fully saturated rings. The molecule has 0 aromatic carbocycles. The van der Waals surface area contributed by atoms with Gasteiger partial charge in [0.25, 0.3) is 0 Å². The lowest BCUT2D eigenvalue weighted by molar-refractivity contribution is 0.567. The lowest BCUT2D eigenvalue weighted by Gasteiger charge is -2.11. The molecular weight excluding hydrogens is 134 g/mol. The maximum Gasteiger partial charge on any atom is 0.00759 e. The van der Waals surface area contributed by atoms with Crippen LogP contribution in [-0.4, -0.2) is 6.04 Å². The Kier molecular flexibility index (Phi) is 6.24. The molecule has 0 radical (unpaired) electrons. The first-order valence-corrected chi connectivity index (χ1v) is 4.62. The molecule has 0 spiro atoms. The topological polar surface area (TPSA) is 26.0 Å². The van der Waals surface area contributed by atoms with Crippen molar-refractivity contribution >= 4 is 0 Å². The van der Waals surface area contributed by atoms with E-state index in [1.807, 2.05) is 0 Å². The average molecular weight is 155 g/mol. The summed E-state index contributed by atoms with van der Waals surface area (Å²) in [4.78, 5) is 0. The van der Waals surface area contributed by atoms with E-state index in [1.165, 1.54) is 18.4 Å². The van der Waals surface area contributed by atoms with E-state index < -0.39 is 0 Å². The van der Waals surface area contributed by atoms with Gasteiger partial charge in [-0.05, 0) is 19.3 Å². The molecule has 66 valence electrons. The first-order chi connectivity index (χ1) is 5.20. The fourth-order valence-corrected chi connectivity index (χ4v) is 1.08. The number of nitrogens with two attached hydrogens (primary N) is 1. The van der Waals surface area contributed by atoms with Crippen molar-refractivity contribution in [3.05, 3.63) is 12.2 Å². The van der Waals surface area contributed by atoms with Crippen LogP contribution >= 0.6 is 0 Å². The minimum absolute atomic E-state index is 0.349. The molecule has 0 amide bonds. The first kappa shape index (κ1) is 10.7. The van der Waals surface area contributed by atoms with E-state index in [-0.39, 0.29) is 0 Å². The lowest BCUT2D eigenvalue weighted by Crippen LogP contribution is -2.19. The molecule has 0 saturated carbocycles. The first-order valence-electron chi connectivity index (χ1n) is 4.62. The van der Waals surface area contributed by atoms with Crippen molar-refractivity contribution in [2.75, 3.05) is 0 Å². The van der Waals surface area contributed by atoms with Crippen molar-refractivity contribution < 1.29 is 0 Å². The SMILES string of the molecule is C=C(CC)CC(N)CCCC. The van der Waals surface area contributed by atoms with Gasteiger partial charge in [-0.15, -0.1) is 0 Å². The van der Waals surface area contributed by atoms with Gasteiger partial charge in [0.2, 0.25) is 0 Å². The Morgan fingerprint density at radius 1 is 1.45 bits per heavy atom. The molecule has 0 aromatic heterocycles. The summed E-state index contributed by atoms with van der Waals surface area (Å²) in [6, 6.07) is 0.349. The van der Waals surface area contributed by atoms with E-state index in [1.54, 1.807) is 0 Å². The highest BCUT2D eigenvalue weighted by molar-refractivity contribution is 4.95. The zero-order valence-corrected chi connectivity index (χ0v) is 7.90. The van der Waals surface area contributed by atoms with E-state index in [9.17, 15) is 0 Å². The summed E-state index contributed by atoms with van der Waals surface area (Å²) in [6.45, 7) is 8.27. The van der Waals surface area contributed by atoms with Gasteiger partial charge in [-0.25, -0.2) is 0 Å². The molecule has 11 heavy (non-hydrogen) atoms. The van der Waals surface area contributed by atoms with Gasteiger partial charge in [-0.1, -0.05) is 38.8 Å². The number of hydrogen-bond acceptors (Lipinski definition) is 1. The molecule has 0 aromatic rings. The predicted octanol–water partition coefficient (Wildman–Crippen LogP) is 2.86. The van der Waals surface area contributed by atoms with E-state index in [4.69, 9.17) is 5.73 Å². The van der Waals surface area contributed by atoms with Crippen molar-refractivity contribution in [2.24, 2.45) is 5.73 Å². The summed E-state index contributed by atoms with van der Waals surface area (Å²) in [5, 5.41) is 0. The number of hydrogen-bond donors (Lipinski definition) is 1. The third-order valence-electron chi connectivity index (χ3n) is 1.98. The fourth-order valence-electron chi connectivity index (χ4n) is 1.08. The molecule has 0 bridgehead atoms. The van der Waals surface area contributed by atoms with Crippen LogP contribution in [0.3, 0.4) is 0 Å². The van der Waals surface area contributed by atoms with E-state index in [0.717, 1.165) is 19.3 Å². The van der Waals surface area contributed by atoms with Gasteiger partial charge < -0.3 is 5.73 Å². The molecule has 1 atom stereocenters. The van der Waals surface area contributed by atoms with Gasteiger partial charge >= 0.3 is 0 Å². The summed E-state index contributed by atoms with van der Waals surface area (Å²) in [6.07, 6.45) is 5.72. The molecule has 1 nitrogen and oxygen atoms in total. The molecule has 1 unspecified atom stereocenters. The molecule has 0 aliphatic heterocycles. The highest BCUT2D eigenvalue weighted by Crippen LogP contribution is 2.09. The summed E-state index contributed by atoms with van der Waals surface area (Å²) in [5.41, 5.74) is 7.16.